The van der Waals surface area contributed by atoms with Gasteiger partial charge in [0.1, 0.15) is 11.9 Å². The molecule has 35 heavy (non-hydrogen) atoms. The van der Waals surface area contributed by atoms with E-state index in [4.69, 9.17) is 5.11 Å². The molecule has 0 radical (unpaired) electrons. The summed E-state index contributed by atoms with van der Waals surface area (Å²) in [5, 5.41) is 32.9. The van der Waals surface area contributed by atoms with Gasteiger partial charge in [0, 0.05) is 34.6 Å². The average molecular weight is 483 g/mol. The summed E-state index contributed by atoms with van der Waals surface area (Å²) >= 11 is 0. The van der Waals surface area contributed by atoms with Gasteiger partial charge in [-0.15, -0.1) is 0 Å². The van der Waals surface area contributed by atoms with Gasteiger partial charge in [0.25, 0.3) is 0 Å². The van der Waals surface area contributed by atoms with Crippen molar-refractivity contribution in [1.29, 1.82) is 0 Å². The van der Waals surface area contributed by atoms with E-state index in [1.165, 1.54) is 19.1 Å². The number of rotatable bonds is 10. The zero-order chi connectivity index (χ0) is 25.7. The second kappa shape index (κ2) is 11.3. The molecule has 0 saturated heterocycles. The van der Waals surface area contributed by atoms with Crippen LogP contribution in [0, 0.1) is 5.82 Å². The lowest BCUT2D eigenvalue weighted by Gasteiger charge is -2.16. The van der Waals surface area contributed by atoms with E-state index < -0.39 is 30.1 Å². The number of amides is 1. The van der Waals surface area contributed by atoms with Gasteiger partial charge in [-0.2, -0.15) is 0 Å². The van der Waals surface area contributed by atoms with Crippen LogP contribution in [-0.4, -0.2) is 50.0 Å². The number of benzene rings is 2. The van der Waals surface area contributed by atoms with Gasteiger partial charge in [-0.3, -0.25) is 9.59 Å². The predicted molar refractivity (Wildman–Crippen MR) is 133 cm³/mol. The van der Waals surface area contributed by atoms with Gasteiger partial charge in [-0.05, 0) is 50.6 Å². The molecule has 7 nitrogen and oxygen atoms in total. The van der Waals surface area contributed by atoms with Crippen molar-refractivity contribution in [2.45, 2.75) is 57.9 Å². The fourth-order valence-corrected chi connectivity index (χ4v) is 4.14. The van der Waals surface area contributed by atoms with Crippen molar-refractivity contribution < 1.29 is 29.3 Å². The van der Waals surface area contributed by atoms with Crippen molar-refractivity contribution in [3.63, 3.8) is 0 Å². The van der Waals surface area contributed by atoms with E-state index in [0.29, 0.717) is 0 Å². The van der Waals surface area contributed by atoms with Crippen molar-refractivity contribution in [2.75, 3.05) is 0 Å². The Bertz CT molecular complexity index is 1220. The monoisotopic (exact) mass is 482 g/mol. The Morgan fingerprint density at radius 3 is 2.34 bits per heavy atom. The Balaban J connectivity index is 1.87. The summed E-state index contributed by atoms with van der Waals surface area (Å²) in [6, 6.07) is 13.2. The van der Waals surface area contributed by atoms with Crippen LogP contribution >= 0.6 is 0 Å². The summed E-state index contributed by atoms with van der Waals surface area (Å²) in [4.78, 5) is 22.8. The van der Waals surface area contributed by atoms with Gasteiger partial charge in [-0.25, -0.2) is 4.39 Å². The predicted octanol–water partition coefficient (Wildman–Crippen LogP) is 4.13. The molecule has 3 atom stereocenters. The third-order valence-electron chi connectivity index (χ3n) is 5.76. The van der Waals surface area contributed by atoms with E-state index in [1.807, 2.05) is 24.3 Å². The van der Waals surface area contributed by atoms with Gasteiger partial charge < -0.3 is 25.2 Å². The van der Waals surface area contributed by atoms with E-state index in [-0.39, 0.29) is 24.7 Å². The number of aliphatic carboxylic acids is 1. The minimum Gasteiger partial charge on any atom is -0.480 e. The number of carboxylic acid groups (broad SMARTS) is 1. The van der Waals surface area contributed by atoms with E-state index in [1.54, 1.807) is 24.3 Å². The molecule has 186 valence electrons. The van der Waals surface area contributed by atoms with Crippen LogP contribution in [0.4, 0.5) is 4.39 Å². The molecule has 1 amide bonds. The molecule has 3 aromatic rings. The van der Waals surface area contributed by atoms with Crippen LogP contribution in [0.25, 0.3) is 28.1 Å². The van der Waals surface area contributed by atoms with Crippen LogP contribution in [-0.2, 0) is 9.59 Å². The Morgan fingerprint density at radius 1 is 1.06 bits per heavy atom. The van der Waals surface area contributed by atoms with Crippen LogP contribution in [0.5, 0.6) is 0 Å². The van der Waals surface area contributed by atoms with E-state index in [2.05, 4.69) is 23.7 Å². The molecule has 0 unspecified atom stereocenters. The number of aromatic nitrogens is 1. The van der Waals surface area contributed by atoms with Crippen molar-refractivity contribution >= 4 is 28.9 Å². The lowest BCUT2D eigenvalue weighted by molar-refractivity contribution is -0.141. The molecule has 3 rings (SSSR count). The number of aliphatic hydroxyl groups excluding tert-OH is 2. The number of fused-ring (bicyclic) bond motifs is 1. The molecule has 0 fully saturated rings. The Hall–Kier alpha value is -3.49. The third-order valence-corrected chi connectivity index (χ3v) is 5.76. The zero-order valence-corrected chi connectivity index (χ0v) is 20.0. The molecule has 8 heteroatoms. The summed E-state index contributed by atoms with van der Waals surface area (Å²) in [6.45, 7) is 5.43. The summed E-state index contributed by atoms with van der Waals surface area (Å²) in [5.74, 6) is -2.11. The van der Waals surface area contributed by atoms with Gasteiger partial charge in [-0.1, -0.05) is 36.4 Å². The summed E-state index contributed by atoms with van der Waals surface area (Å²) in [7, 11) is 0. The van der Waals surface area contributed by atoms with Gasteiger partial charge >= 0.3 is 5.97 Å². The fourth-order valence-electron chi connectivity index (χ4n) is 4.14. The van der Waals surface area contributed by atoms with E-state index in [9.17, 15) is 24.2 Å². The first-order chi connectivity index (χ1) is 16.6. The molecule has 0 bridgehead atoms. The van der Waals surface area contributed by atoms with Gasteiger partial charge in [0.05, 0.1) is 18.6 Å². The Morgan fingerprint density at radius 2 is 1.71 bits per heavy atom. The smallest absolute Gasteiger partial charge is 0.325 e. The van der Waals surface area contributed by atoms with Crippen LogP contribution in [0.1, 0.15) is 45.3 Å². The molecule has 0 aliphatic heterocycles. The molecule has 2 aromatic carbocycles. The number of hydrogen-bond donors (Lipinski definition) is 4. The topological polar surface area (TPSA) is 112 Å². The quantitative estimate of drug-likeness (QED) is 0.347. The number of para-hydroxylation sites is 1. The highest BCUT2D eigenvalue weighted by Crippen LogP contribution is 2.38. The van der Waals surface area contributed by atoms with Crippen LogP contribution in [0.15, 0.2) is 54.6 Å². The molecular formula is C27H31FN2O5. The number of halogens is 1. The highest BCUT2D eigenvalue weighted by atomic mass is 19.1. The molecule has 0 aliphatic rings. The molecule has 0 saturated carbocycles. The second-order valence-electron chi connectivity index (χ2n) is 8.90. The molecule has 0 aliphatic carbocycles. The number of carbonyl (C=O) groups excluding carboxylic acids is 1. The minimum absolute atomic E-state index is 0.0939. The lowest BCUT2D eigenvalue weighted by atomic mass is 10.0. The maximum Gasteiger partial charge on any atom is 0.325 e. The standard InChI is InChI=1S/C27H31FN2O5/c1-16(2)30-23-7-5-4-6-22(23)26(18-8-10-19(28)11-9-18)24(30)13-12-20(31)14-21(32)15-25(33)29-17(3)27(34)35/h4-13,16-17,20-21,31-32H,14-15H2,1-3H3,(H,29,33)(H,34,35)/b13-12+/t17-,20+,21+/m1/s1. The lowest BCUT2D eigenvalue weighted by Crippen LogP contribution is -2.39. The zero-order valence-electron chi connectivity index (χ0n) is 20.0. The molecule has 1 heterocycles. The Labute approximate surface area is 203 Å². The maximum absolute atomic E-state index is 13.6. The average Bonchev–Trinajstić information content (AvgIpc) is 3.12. The number of aliphatic hydroxyl groups is 2. The molecular weight excluding hydrogens is 451 g/mol. The number of carboxylic acids is 1. The van der Waals surface area contributed by atoms with Gasteiger partial charge in [0.15, 0.2) is 0 Å². The van der Waals surface area contributed by atoms with Crippen molar-refractivity contribution in [1.82, 2.24) is 9.88 Å². The third kappa shape index (κ3) is 6.35. The number of nitrogens with zero attached hydrogens (tertiary/aromatic N) is 1. The van der Waals surface area contributed by atoms with Crippen LogP contribution in [0.2, 0.25) is 0 Å². The molecule has 0 spiro atoms. The van der Waals surface area contributed by atoms with Crippen LogP contribution < -0.4 is 5.32 Å². The Kier molecular flexibility index (Phi) is 8.43. The van der Waals surface area contributed by atoms with Crippen molar-refractivity contribution in [3.05, 3.63) is 66.1 Å². The van der Waals surface area contributed by atoms with Gasteiger partial charge in [0.2, 0.25) is 5.91 Å². The fraction of sp³-hybridized carbons (Fsp3) is 0.333. The summed E-state index contributed by atoms with van der Waals surface area (Å²) in [6.07, 6.45) is 0.719. The van der Waals surface area contributed by atoms with E-state index in [0.717, 1.165) is 27.7 Å². The number of hydrogen-bond acceptors (Lipinski definition) is 4. The van der Waals surface area contributed by atoms with Crippen LogP contribution in [0.3, 0.4) is 0 Å². The first-order valence-electron chi connectivity index (χ1n) is 11.5. The minimum atomic E-state index is -1.17. The summed E-state index contributed by atoms with van der Waals surface area (Å²) < 4.78 is 15.7. The van der Waals surface area contributed by atoms with Crippen molar-refractivity contribution in [2.24, 2.45) is 0 Å². The number of nitrogens with one attached hydrogen (secondary N) is 1. The normalized spacial score (nSPS) is 14.4. The first kappa shape index (κ1) is 26.1. The SMILES string of the molecule is CC(C)n1c(/C=C/[C@H](O)C[C@H](O)CC(=O)N[C@H](C)C(=O)O)c(-c2ccc(F)cc2)c2ccccc21. The number of carbonyl (C=O) groups is 2. The maximum atomic E-state index is 13.6. The molecule has 1 aromatic heterocycles. The molecule has 4 N–H and O–H groups in total. The van der Waals surface area contributed by atoms with Crippen molar-refractivity contribution in [3.8, 4) is 11.1 Å². The van der Waals surface area contributed by atoms with E-state index >= 15 is 0 Å². The highest BCUT2D eigenvalue weighted by molar-refractivity contribution is 6.01. The highest BCUT2D eigenvalue weighted by Gasteiger charge is 2.20. The second-order valence-corrected chi connectivity index (χ2v) is 8.90. The summed E-state index contributed by atoms with van der Waals surface area (Å²) in [5.41, 5.74) is 3.57. The largest absolute Gasteiger partial charge is 0.480 e. The first-order valence-corrected chi connectivity index (χ1v) is 11.5.